The summed E-state index contributed by atoms with van der Waals surface area (Å²) >= 11 is 0. The van der Waals surface area contributed by atoms with Crippen molar-refractivity contribution in [3.05, 3.63) is 53.3 Å². The molecule has 1 unspecified atom stereocenters. The first-order chi connectivity index (χ1) is 12.0. The zero-order chi connectivity index (χ0) is 17.6. The van der Waals surface area contributed by atoms with Crippen molar-refractivity contribution in [3.63, 3.8) is 0 Å². The van der Waals surface area contributed by atoms with Gasteiger partial charge in [0.2, 0.25) is 0 Å². The van der Waals surface area contributed by atoms with Gasteiger partial charge in [-0.05, 0) is 60.7 Å². The molecule has 4 rings (SSSR count). The van der Waals surface area contributed by atoms with Gasteiger partial charge in [-0.3, -0.25) is 0 Å². The quantitative estimate of drug-likeness (QED) is 0.822. The summed E-state index contributed by atoms with van der Waals surface area (Å²) in [4.78, 5) is 4.21. The molecule has 1 atom stereocenters. The first-order valence-electron chi connectivity index (χ1n) is 8.76. The third-order valence-electron chi connectivity index (χ3n) is 5.23. The monoisotopic (exact) mass is 356 g/mol. The summed E-state index contributed by atoms with van der Waals surface area (Å²) in [6.45, 7) is 4.80. The molecule has 1 saturated heterocycles. The van der Waals surface area contributed by atoms with E-state index in [1.807, 2.05) is 18.2 Å². The van der Waals surface area contributed by atoms with Gasteiger partial charge in [-0.25, -0.2) is 4.39 Å². The van der Waals surface area contributed by atoms with Crippen LogP contribution in [0.4, 0.5) is 15.8 Å². The Bertz CT molecular complexity index is 838. The molecular weight excluding hydrogens is 334 g/mol. The first kappa shape index (κ1) is 16.4. The molecule has 0 aromatic heterocycles. The fourth-order valence-corrected chi connectivity index (χ4v) is 4.32. The van der Waals surface area contributed by atoms with Gasteiger partial charge in [0.15, 0.2) is 0 Å². The van der Waals surface area contributed by atoms with E-state index in [9.17, 15) is 9.50 Å². The summed E-state index contributed by atoms with van der Waals surface area (Å²) < 4.78 is 14.7. The van der Waals surface area contributed by atoms with Crippen LogP contribution in [0, 0.1) is 11.7 Å². The van der Waals surface area contributed by atoms with Gasteiger partial charge < -0.3 is 14.9 Å². The molecule has 130 valence electrons. The topological polar surface area (TPSA) is 26.7 Å². The van der Waals surface area contributed by atoms with Crippen molar-refractivity contribution >= 4 is 25.7 Å². The molecule has 2 aliphatic heterocycles. The molecule has 25 heavy (non-hydrogen) atoms. The molecule has 2 aliphatic rings. The van der Waals surface area contributed by atoms with Crippen LogP contribution in [0.3, 0.4) is 0 Å². The predicted octanol–water partition coefficient (Wildman–Crippen LogP) is 4.06. The van der Waals surface area contributed by atoms with Crippen LogP contribution in [0.1, 0.15) is 24.5 Å². The van der Waals surface area contributed by atoms with E-state index in [1.165, 1.54) is 0 Å². The minimum absolute atomic E-state index is 0.164. The summed E-state index contributed by atoms with van der Waals surface area (Å²) in [6, 6.07) is 10.9. The van der Waals surface area contributed by atoms with Crippen molar-refractivity contribution in [3.8, 4) is 5.75 Å². The van der Waals surface area contributed by atoms with Crippen molar-refractivity contribution in [2.45, 2.75) is 19.8 Å². The molecule has 0 bridgehead atoms. The largest absolute Gasteiger partial charge is 0.508 e. The zero-order valence-electron chi connectivity index (χ0n) is 14.3. The Kier molecular flexibility index (Phi) is 4.16. The standard InChI is InChI=1S/C20H22FN2OP/c1-13-6-8-22(12-13)19-5-2-15(11-18(19)21)23-9-7-14-10-16(24)3-4-17(14)20(23)25/h2-5,10-11,13,24-25H,6-9,12H2,1H3. The molecule has 2 aromatic rings. The molecule has 0 spiro atoms. The van der Waals surface area contributed by atoms with Gasteiger partial charge in [0.05, 0.1) is 11.1 Å². The lowest BCUT2D eigenvalue weighted by Crippen LogP contribution is -2.36. The molecule has 2 heterocycles. The number of hydrogen-bond acceptors (Lipinski definition) is 2. The second kappa shape index (κ2) is 6.34. The molecule has 3 nitrogen and oxygen atoms in total. The van der Waals surface area contributed by atoms with Crippen molar-refractivity contribution < 1.29 is 9.50 Å². The summed E-state index contributed by atoms with van der Waals surface area (Å²) in [6.07, 6.45) is 1.93. The van der Waals surface area contributed by atoms with Gasteiger partial charge in [-0.2, -0.15) is 0 Å². The second-order valence-electron chi connectivity index (χ2n) is 7.07. The Morgan fingerprint density at radius 1 is 1.16 bits per heavy atom. The van der Waals surface area contributed by atoms with E-state index in [0.29, 0.717) is 11.6 Å². The normalized spacial score (nSPS) is 20.1. The average Bonchev–Trinajstić information content (AvgIpc) is 3.01. The molecular formula is C20H22FN2OP. The fourth-order valence-electron chi connectivity index (χ4n) is 3.84. The number of hydrogen-bond donors (Lipinski definition) is 1. The highest BCUT2D eigenvalue weighted by Crippen LogP contribution is 2.32. The van der Waals surface area contributed by atoms with Gasteiger partial charge in [-0.1, -0.05) is 15.8 Å². The summed E-state index contributed by atoms with van der Waals surface area (Å²) in [7, 11) is 3.72. The van der Waals surface area contributed by atoms with Crippen LogP contribution in [-0.4, -0.2) is 30.2 Å². The Balaban J connectivity index is 1.61. The number of fused-ring (bicyclic) bond motifs is 1. The highest BCUT2D eigenvalue weighted by molar-refractivity contribution is 7.22. The number of nitrogens with zero attached hydrogens (tertiary/aromatic N) is 2. The zero-order valence-corrected chi connectivity index (χ0v) is 15.3. The molecule has 5 heteroatoms. The van der Waals surface area contributed by atoms with Crippen molar-refractivity contribution in [2.75, 3.05) is 29.4 Å². The van der Waals surface area contributed by atoms with Crippen LogP contribution >= 0.6 is 8.86 Å². The number of aromatic hydroxyl groups is 1. The summed E-state index contributed by atoms with van der Waals surface area (Å²) in [5.41, 5.74) is 4.59. The third kappa shape index (κ3) is 3.00. The van der Waals surface area contributed by atoms with Crippen LogP contribution in [0.25, 0.3) is 0 Å². The molecule has 1 N–H and O–H groups in total. The second-order valence-corrected chi connectivity index (χ2v) is 7.54. The summed E-state index contributed by atoms with van der Waals surface area (Å²) in [5.74, 6) is 0.737. The predicted molar refractivity (Wildman–Crippen MR) is 104 cm³/mol. The van der Waals surface area contributed by atoms with Gasteiger partial charge in [0.25, 0.3) is 0 Å². The lowest BCUT2D eigenvalue weighted by molar-refractivity contribution is 0.474. The van der Waals surface area contributed by atoms with Crippen molar-refractivity contribution in [2.24, 2.45) is 5.92 Å². The lowest BCUT2D eigenvalue weighted by Gasteiger charge is -2.32. The van der Waals surface area contributed by atoms with E-state index in [1.54, 1.807) is 18.2 Å². The minimum atomic E-state index is -0.164. The SMILES string of the molecule is CC1CCN(c2ccc(N3CCc4cc(O)ccc4C3=P)cc2F)C1. The Labute approximate surface area is 149 Å². The van der Waals surface area contributed by atoms with E-state index in [-0.39, 0.29) is 11.6 Å². The highest BCUT2D eigenvalue weighted by Gasteiger charge is 2.24. The van der Waals surface area contributed by atoms with Crippen molar-refractivity contribution in [1.82, 2.24) is 0 Å². The highest BCUT2D eigenvalue weighted by atomic mass is 31.0. The maximum Gasteiger partial charge on any atom is 0.148 e. The van der Waals surface area contributed by atoms with Gasteiger partial charge in [0, 0.05) is 30.9 Å². The minimum Gasteiger partial charge on any atom is -0.508 e. The Hall–Kier alpha value is -2.06. The van der Waals surface area contributed by atoms with Crippen LogP contribution in [0.15, 0.2) is 36.4 Å². The van der Waals surface area contributed by atoms with Gasteiger partial charge in [-0.15, -0.1) is 0 Å². The van der Waals surface area contributed by atoms with Crippen LogP contribution in [0.5, 0.6) is 5.75 Å². The maximum absolute atomic E-state index is 14.7. The van der Waals surface area contributed by atoms with Crippen LogP contribution < -0.4 is 9.80 Å². The van der Waals surface area contributed by atoms with E-state index >= 15 is 0 Å². The Morgan fingerprint density at radius 2 is 2.00 bits per heavy atom. The van der Waals surface area contributed by atoms with Gasteiger partial charge in [0.1, 0.15) is 11.6 Å². The Morgan fingerprint density at radius 3 is 2.72 bits per heavy atom. The van der Waals surface area contributed by atoms with E-state index in [4.69, 9.17) is 0 Å². The molecule has 2 aromatic carbocycles. The molecule has 1 fully saturated rings. The van der Waals surface area contributed by atoms with Crippen LogP contribution in [-0.2, 0) is 6.42 Å². The molecule has 0 saturated carbocycles. The van der Waals surface area contributed by atoms with E-state index in [2.05, 4.69) is 25.6 Å². The fraction of sp³-hybridized carbons (Fsp3) is 0.350. The van der Waals surface area contributed by atoms with Crippen molar-refractivity contribution in [1.29, 1.82) is 0 Å². The first-order valence-corrected chi connectivity index (χ1v) is 9.26. The van der Waals surface area contributed by atoms with Crippen LogP contribution in [0.2, 0.25) is 0 Å². The van der Waals surface area contributed by atoms with E-state index < -0.39 is 0 Å². The number of phenols is 1. The lowest BCUT2D eigenvalue weighted by atomic mass is 9.98. The van der Waals surface area contributed by atoms with Gasteiger partial charge >= 0.3 is 0 Å². The average molecular weight is 356 g/mol. The number of halogens is 1. The summed E-state index contributed by atoms with van der Waals surface area (Å²) in [5, 5.41) is 9.65. The number of benzene rings is 2. The maximum atomic E-state index is 14.7. The molecule has 0 aliphatic carbocycles. The third-order valence-corrected chi connectivity index (χ3v) is 5.77. The molecule has 0 radical (unpaired) electrons. The smallest absolute Gasteiger partial charge is 0.148 e. The molecule has 0 amide bonds. The number of anilines is 2. The van der Waals surface area contributed by atoms with E-state index in [0.717, 1.165) is 54.7 Å². The number of phenolic OH excluding ortho intramolecular Hbond substituents is 1. The number of rotatable bonds is 2.